The summed E-state index contributed by atoms with van der Waals surface area (Å²) in [5, 5.41) is 11.0. The van der Waals surface area contributed by atoms with Gasteiger partial charge in [0.25, 0.3) is 0 Å². The van der Waals surface area contributed by atoms with Crippen LogP contribution in [0.4, 0.5) is 14.9 Å². The van der Waals surface area contributed by atoms with E-state index in [1.807, 2.05) is 5.32 Å². The van der Waals surface area contributed by atoms with Crippen LogP contribution < -0.4 is 10.2 Å². The molecule has 0 aliphatic carbocycles. The van der Waals surface area contributed by atoms with Crippen LogP contribution in [-0.2, 0) is 9.59 Å². The first-order valence-corrected chi connectivity index (χ1v) is 5.69. The Morgan fingerprint density at radius 1 is 1.30 bits per heavy atom. The summed E-state index contributed by atoms with van der Waals surface area (Å²) in [6, 6.07) is 4.20. The molecule has 1 fully saturated rings. The zero-order valence-electron chi connectivity index (χ0n) is 10.7. The van der Waals surface area contributed by atoms with Gasteiger partial charge in [-0.25, -0.2) is 14.1 Å². The highest BCUT2D eigenvalue weighted by Gasteiger charge is 2.48. The van der Waals surface area contributed by atoms with Gasteiger partial charge in [-0.1, -0.05) is 6.07 Å². The smallest absolute Gasteiger partial charge is 0.276 e. The molecular weight excluding hydrogens is 265 g/mol. The van der Waals surface area contributed by atoms with Crippen LogP contribution >= 0.6 is 0 Å². The highest BCUT2D eigenvalue weighted by molar-refractivity contribution is 6.29. The molecule has 102 valence electrons. The number of anilines is 1. The van der Waals surface area contributed by atoms with Gasteiger partial charge in [0.2, 0.25) is 11.8 Å². The summed E-state index contributed by atoms with van der Waals surface area (Å²) in [6.45, 7) is 2.69. The Labute approximate surface area is 113 Å². The maximum Gasteiger partial charge on any atom is 0.335 e. The van der Waals surface area contributed by atoms with Gasteiger partial charge in [-0.2, -0.15) is 5.26 Å². The predicted octanol–water partition coefficient (Wildman–Crippen LogP) is 1.31. The minimum Gasteiger partial charge on any atom is -0.276 e. The first kappa shape index (κ1) is 13.7. The predicted molar refractivity (Wildman–Crippen MR) is 65.9 cm³/mol. The van der Waals surface area contributed by atoms with Gasteiger partial charge in [0.15, 0.2) is 0 Å². The number of urea groups is 1. The Bertz CT molecular complexity index is 676. The van der Waals surface area contributed by atoms with Crippen LogP contribution in [0.5, 0.6) is 0 Å². The number of carbonyl (C=O) groups excluding carboxylic acids is 3. The van der Waals surface area contributed by atoms with Crippen molar-refractivity contribution in [3.63, 3.8) is 0 Å². The lowest BCUT2D eigenvalue weighted by atomic mass is 9.88. The number of hydrogen-bond acceptors (Lipinski definition) is 4. The molecule has 7 heteroatoms. The normalized spacial score (nSPS) is 17.7. The van der Waals surface area contributed by atoms with Crippen molar-refractivity contribution in [1.82, 2.24) is 5.32 Å². The third-order valence-corrected chi connectivity index (χ3v) is 3.07. The van der Waals surface area contributed by atoms with Crippen molar-refractivity contribution in [3.8, 4) is 6.07 Å². The van der Waals surface area contributed by atoms with Crippen LogP contribution in [0.15, 0.2) is 18.2 Å². The maximum atomic E-state index is 13.6. The molecule has 0 radical (unpaired) electrons. The fourth-order valence-corrected chi connectivity index (χ4v) is 1.81. The third kappa shape index (κ3) is 1.82. The third-order valence-electron chi connectivity index (χ3n) is 3.07. The zero-order chi connectivity index (χ0) is 15.1. The molecular formula is C13H10FN3O3. The molecule has 1 heterocycles. The van der Waals surface area contributed by atoms with Gasteiger partial charge in [-0.15, -0.1) is 0 Å². The second-order valence-corrected chi connectivity index (χ2v) is 4.77. The molecule has 1 aliphatic heterocycles. The Morgan fingerprint density at radius 2 is 1.95 bits per heavy atom. The number of barbiturate groups is 1. The van der Waals surface area contributed by atoms with E-state index in [1.54, 1.807) is 6.07 Å². The van der Waals surface area contributed by atoms with Crippen molar-refractivity contribution >= 4 is 23.5 Å². The van der Waals surface area contributed by atoms with Gasteiger partial charge in [0, 0.05) is 0 Å². The maximum absolute atomic E-state index is 13.6. The molecule has 0 atom stereocenters. The molecule has 0 unspecified atom stereocenters. The van der Waals surface area contributed by atoms with E-state index in [0.29, 0.717) is 4.90 Å². The topological polar surface area (TPSA) is 90.3 Å². The van der Waals surface area contributed by atoms with Crippen molar-refractivity contribution in [1.29, 1.82) is 5.26 Å². The Hall–Kier alpha value is -2.75. The summed E-state index contributed by atoms with van der Waals surface area (Å²) < 4.78 is 13.6. The van der Waals surface area contributed by atoms with E-state index in [-0.39, 0.29) is 5.69 Å². The number of nitriles is 1. The van der Waals surface area contributed by atoms with Gasteiger partial charge >= 0.3 is 6.03 Å². The molecule has 20 heavy (non-hydrogen) atoms. The summed E-state index contributed by atoms with van der Waals surface area (Å²) in [5.41, 5.74) is -2.09. The van der Waals surface area contributed by atoms with Crippen LogP contribution in [-0.4, -0.2) is 17.8 Å². The first-order valence-electron chi connectivity index (χ1n) is 5.69. The van der Waals surface area contributed by atoms with E-state index in [1.165, 1.54) is 26.0 Å². The molecule has 0 saturated carbocycles. The number of carbonyl (C=O) groups is 3. The quantitative estimate of drug-likeness (QED) is 0.782. The molecule has 1 aromatic rings. The standard InChI is InChI=1S/C13H10FN3O3/c1-13(2)10(18)16-12(20)17(11(13)19)9-5-3-4-8(14)7(9)6-15/h3-5H,1-2H3,(H,16,18,20). The van der Waals surface area contributed by atoms with Crippen molar-refractivity contribution in [2.45, 2.75) is 13.8 Å². The Kier molecular flexibility index (Phi) is 3.02. The average molecular weight is 275 g/mol. The highest BCUT2D eigenvalue weighted by Crippen LogP contribution is 2.30. The summed E-state index contributed by atoms with van der Waals surface area (Å²) in [7, 11) is 0. The minimum atomic E-state index is -1.48. The number of hydrogen-bond donors (Lipinski definition) is 1. The molecule has 1 saturated heterocycles. The lowest BCUT2D eigenvalue weighted by Crippen LogP contribution is -2.62. The Morgan fingerprint density at radius 3 is 2.55 bits per heavy atom. The first-order chi connectivity index (χ1) is 9.30. The zero-order valence-corrected chi connectivity index (χ0v) is 10.7. The van der Waals surface area contributed by atoms with Crippen LogP contribution in [0.2, 0.25) is 0 Å². The lowest BCUT2D eigenvalue weighted by molar-refractivity contribution is -0.140. The summed E-state index contributed by atoms with van der Waals surface area (Å²) in [4.78, 5) is 36.3. The van der Waals surface area contributed by atoms with Gasteiger partial charge in [0.05, 0.1) is 5.69 Å². The SMILES string of the molecule is CC1(C)C(=O)NC(=O)N(c2cccc(F)c2C#N)C1=O. The lowest BCUT2D eigenvalue weighted by Gasteiger charge is -2.34. The Balaban J connectivity index is 2.61. The van der Waals surface area contributed by atoms with Gasteiger partial charge in [0.1, 0.15) is 22.9 Å². The van der Waals surface area contributed by atoms with Crippen LogP contribution in [0.1, 0.15) is 19.4 Å². The van der Waals surface area contributed by atoms with Crippen LogP contribution in [0, 0.1) is 22.6 Å². The summed E-state index contributed by atoms with van der Waals surface area (Å²) in [6.07, 6.45) is 0. The van der Waals surface area contributed by atoms with Gasteiger partial charge in [-0.05, 0) is 26.0 Å². The molecule has 0 bridgehead atoms. The fraction of sp³-hybridized carbons (Fsp3) is 0.231. The molecule has 2 rings (SSSR count). The highest BCUT2D eigenvalue weighted by atomic mass is 19.1. The molecule has 1 N–H and O–H groups in total. The molecule has 1 aromatic carbocycles. The van der Waals surface area contributed by atoms with E-state index in [9.17, 15) is 18.8 Å². The number of rotatable bonds is 1. The average Bonchev–Trinajstić information content (AvgIpc) is 2.37. The van der Waals surface area contributed by atoms with Crippen LogP contribution in [0.25, 0.3) is 0 Å². The monoisotopic (exact) mass is 275 g/mol. The number of halogens is 1. The summed E-state index contributed by atoms with van der Waals surface area (Å²) in [5.74, 6) is -2.40. The number of nitrogens with zero attached hydrogens (tertiary/aromatic N) is 2. The van der Waals surface area contributed by atoms with E-state index in [4.69, 9.17) is 5.26 Å². The molecule has 1 aliphatic rings. The summed E-state index contributed by atoms with van der Waals surface area (Å²) >= 11 is 0. The number of benzene rings is 1. The fourth-order valence-electron chi connectivity index (χ4n) is 1.81. The van der Waals surface area contributed by atoms with E-state index < -0.39 is 34.6 Å². The molecule has 0 aromatic heterocycles. The number of nitrogens with one attached hydrogen (secondary N) is 1. The van der Waals surface area contributed by atoms with Gasteiger partial charge < -0.3 is 0 Å². The number of amides is 4. The van der Waals surface area contributed by atoms with E-state index in [0.717, 1.165) is 6.07 Å². The van der Waals surface area contributed by atoms with Crippen molar-refractivity contribution < 1.29 is 18.8 Å². The molecule has 4 amide bonds. The van der Waals surface area contributed by atoms with Crippen molar-refractivity contribution in [2.75, 3.05) is 4.90 Å². The second kappa shape index (κ2) is 4.42. The minimum absolute atomic E-state index is 0.185. The van der Waals surface area contributed by atoms with E-state index in [2.05, 4.69) is 0 Å². The van der Waals surface area contributed by atoms with E-state index >= 15 is 0 Å². The van der Waals surface area contributed by atoms with Crippen molar-refractivity contribution in [3.05, 3.63) is 29.6 Å². The van der Waals surface area contributed by atoms with Gasteiger partial charge in [-0.3, -0.25) is 14.9 Å². The second-order valence-electron chi connectivity index (χ2n) is 4.77. The van der Waals surface area contributed by atoms with Crippen molar-refractivity contribution in [2.24, 2.45) is 5.41 Å². The largest absolute Gasteiger partial charge is 0.335 e. The number of imide groups is 2. The molecule has 6 nitrogen and oxygen atoms in total. The molecule has 0 spiro atoms. The van der Waals surface area contributed by atoms with Crippen LogP contribution in [0.3, 0.4) is 0 Å².